The van der Waals surface area contributed by atoms with Crippen molar-refractivity contribution >= 4 is 5.91 Å². The predicted octanol–water partition coefficient (Wildman–Crippen LogP) is 2.13. The Bertz CT molecular complexity index is 515. The second kappa shape index (κ2) is 7.45. The highest BCUT2D eigenvalue weighted by Crippen LogP contribution is 2.33. The molecule has 0 aromatic heterocycles. The molecule has 2 atom stereocenters. The number of aliphatic hydroxyl groups is 1. The van der Waals surface area contributed by atoms with Crippen LogP contribution in [0.15, 0.2) is 30.3 Å². The summed E-state index contributed by atoms with van der Waals surface area (Å²) in [6.07, 6.45) is 3.92. The summed E-state index contributed by atoms with van der Waals surface area (Å²) in [5.41, 5.74) is 1.30. The highest BCUT2D eigenvalue weighted by atomic mass is 16.3. The molecule has 0 radical (unpaired) electrons. The van der Waals surface area contributed by atoms with Gasteiger partial charge >= 0.3 is 0 Å². The Labute approximate surface area is 139 Å². The molecule has 1 saturated carbocycles. The SMILES string of the molecule is CN(CC(O)C1CC1)C(=O)C1CCCN(Cc2ccccc2)C1. The minimum atomic E-state index is -0.340. The largest absolute Gasteiger partial charge is 0.391 e. The summed E-state index contributed by atoms with van der Waals surface area (Å²) < 4.78 is 0. The zero-order valence-corrected chi connectivity index (χ0v) is 14.0. The molecule has 23 heavy (non-hydrogen) atoms. The van der Waals surface area contributed by atoms with E-state index in [1.807, 2.05) is 13.1 Å². The Morgan fingerprint density at radius 3 is 2.74 bits per heavy atom. The molecule has 2 fully saturated rings. The van der Waals surface area contributed by atoms with Crippen molar-refractivity contribution in [3.63, 3.8) is 0 Å². The van der Waals surface area contributed by atoms with Gasteiger partial charge in [0.2, 0.25) is 5.91 Å². The first-order valence-electron chi connectivity index (χ1n) is 8.83. The van der Waals surface area contributed by atoms with E-state index in [0.29, 0.717) is 12.5 Å². The van der Waals surface area contributed by atoms with Gasteiger partial charge in [-0.25, -0.2) is 0 Å². The molecule has 3 rings (SSSR count). The normalized spacial score (nSPS) is 23.5. The third-order valence-electron chi connectivity index (χ3n) is 5.11. The number of likely N-dealkylation sites (tertiary alicyclic amines) is 1. The van der Waals surface area contributed by atoms with Crippen LogP contribution >= 0.6 is 0 Å². The highest BCUT2D eigenvalue weighted by Gasteiger charge is 2.33. The number of likely N-dealkylation sites (N-methyl/N-ethyl adjacent to an activating group) is 1. The smallest absolute Gasteiger partial charge is 0.226 e. The van der Waals surface area contributed by atoms with E-state index in [-0.39, 0.29) is 17.9 Å². The number of aliphatic hydroxyl groups excluding tert-OH is 1. The summed E-state index contributed by atoms with van der Waals surface area (Å²) in [7, 11) is 1.84. The van der Waals surface area contributed by atoms with Crippen LogP contribution in [-0.4, -0.2) is 53.6 Å². The van der Waals surface area contributed by atoms with E-state index in [1.165, 1.54) is 5.56 Å². The maximum absolute atomic E-state index is 12.7. The molecule has 1 saturated heterocycles. The summed E-state index contributed by atoms with van der Waals surface area (Å²) in [6, 6.07) is 10.4. The average Bonchev–Trinajstić information content (AvgIpc) is 3.40. The summed E-state index contributed by atoms with van der Waals surface area (Å²) in [5.74, 6) is 0.692. The van der Waals surface area contributed by atoms with Crippen molar-refractivity contribution in [2.24, 2.45) is 11.8 Å². The van der Waals surface area contributed by atoms with E-state index in [4.69, 9.17) is 0 Å². The lowest BCUT2D eigenvalue weighted by Crippen LogP contribution is -2.45. The fraction of sp³-hybridized carbons (Fsp3) is 0.632. The third kappa shape index (κ3) is 4.55. The second-order valence-electron chi connectivity index (χ2n) is 7.18. The Balaban J connectivity index is 1.51. The van der Waals surface area contributed by atoms with Crippen LogP contribution in [0, 0.1) is 11.8 Å². The van der Waals surface area contributed by atoms with Gasteiger partial charge in [0.05, 0.1) is 12.0 Å². The van der Waals surface area contributed by atoms with Gasteiger partial charge in [-0.05, 0) is 43.7 Å². The molecule has 0 bridgehead atoms. The molecule has 1 N–H and O–H groups in total. The molecule has 126 valence electrons. The maximum Gasteiger partial charge on any atom is 0.226 e. The first-order valence-corrected chi connectivity index (χ1v) is 8.83. The Kier molecular flexibility index (Phi) is 5.34. The number of nitrogens with zero attached hydrogens (tertiary/aromatic N) is 2. The van der Waals surface area contributed by atoms with Crippen LogP contribution in [0.4, 0.5) is 0 Å². The van der Waals surface area contributed by atoms with Crippen LogP contribution in [0.3, 0.4) is 0 Å². The van der Waals surface area contributed by atoms with Gasteiger partial charge in [0.25, 0.3) is 0 Å². The quantitative estimate of drug-likeness (QED) is 0.874. The van der Waals surface area contributed by atoms with Gasteiger partial charge in [-0.2, -0.15) is 0 Å². The van der Waals surface area contributed by atoms with Crippen LogP contribution < -0.4 is 0 Å². The molecule has 1 aliphatic heterocycles. The van der Waals surface area contributed by atoms with Crippen molar-refractivity contribution in [2.75, 3.05) is 26.7 Å². The molecule has 2 aliphatic rings. The molecule has 4 heteroatoms. The summed E-state index contributed by atoms with van der Waals surface area (Å²) in [6.45, 7) is 3.29. The van der Waals surface area contributed by atoms with Gasteiger partial charge in [-0.3, -0.25) is 9.69 Å². The third-order valence-corrected chi connectivity index (χ3v) is 5.11. The fourth-order valence-electron chi connectivity index (χ4n) is 3.55. The maximum atomic E-state index is 12.7. The van der Waals surface area contributed by atoms with E-state index in [0.717, 1.165) is 45.3 Å². The predicted molar refractivity (Wildman–Crippen MR) is 90.8 cm³/mol. The van der Waals surface area contributed by atoms with Crippen molar-refractivity contribution in [1.82, 2.24) is 9.80 Å². The zero-order valence-electron chi connectivity index (χ0n) is 14.0. The van der Waals surface area contributed by atoms with E-state index in [2.05, 4.69) is 29.2 Å². The minimum Gasteiger partial charge on any atom is -0.391 e. The van der Waals surface area contributed by atoms with Crippen molar-refractivity contribution in [3.05, 3.63) is 35.9 Å². The molecular weight excluding hydrogens is 288 g/mol. The van der Waals surface area contributed by atoms with Crippen LogP contribution in [-0.2, 0) is 11.3 Å². The van der Waals surface area contributed by atoms with Crippen molar-refractivity contribution in [3.8, 4) is 0 Å². The number of amides is 1. The molecule has 1 aromatic rings. The van der Waals surface area contributed by atoms with E-state index in [1.54, 1.807) is 4.90 Å². The molecule has 2 unspecified atom stereocenters. The summed E-state index contributed by atoms with van der Waals surface area (Å²) >= 11 is 0. The Morgan fingerprint density at radius 1 is 1.30 bits per heavy atom. The summed E-state index contributed by atoms with van der Waals surface area (Å²) in [4.78, 5) is 16.8. The first-order chi connectivity index (χ1) is 11.1. The number of carbonyl (C=O) groups excluding carboxylic acids is 1. The number of piperidine rings is 1. The fourth-order valence-corrected chi connectivity index (χ4v) is 3.55. The molecule has 4 nitrogen and oxygen atoms in total. The van der Waals surface area contributed by atoms with E-state index in [9.17, 15) is 9.90 Å². The van der Waals surface area contributed by atoms with E-state index >= 15 is 0 Å². The molecular formula is C19H28N2O2. The number of hydrogen-bond acceptors (Lipinski definition) is 3. The van der Waals surface area contributed by atoms with Gasteiger partial charge in [0.1, 0.15) is 0 Å². The Morgan fingerprint density at radius 2 is 2.04 bits per heavy atom. The van der Waals surface area contributed by atoms with Crippen LogP contribution in [0.2, 0.25) is 0 Å². The number of carbonyl (C=O) groups is 1. The van der Waals surface area contributed by atoms with Crippen LogP contribution in [0.1, 0.15) is 31.2 Å². The topological polar surface area (TPSA) is 43.8 Å². The average molecular weight is 316 g/mol. The zero-order chi connectivity index (χ0) is 16.2. The standard InChI is InChI=1S/C19H28N2O2/c1-20(14-18(22)16-9-10-16)19(23)17-8-5-11-21(13-17)12-15-6-3-2-4-7-15/h2-4,6-7,16-18,22H,5,8-14H2,1H3. The summed E-state index contributed by atoms with van der Waals surface area (Å²) in [5, 5.41) is 10.0. The molecule has 1 aromatic carbocycles. The van der Waals surface area contributed by atoms with Gasteiger partial charge in [-0.15, -0.1) is 0 Å². The lowest BCUT2D eigenvalue weighted by Gasteiger charge is -2.34. The Hall–Kier alpha value is -1.39. The second-order valence-corrected chi connectivity index (χ2v) is 7.18. The molecule has 1 aliphatic carbocycles. The molecule has 0 spiro atoms. The number of benzene rings is 1. The lowest BCUT2D eigenvalue weighted by molar-refractivity contribution is -0.137. The molecule has 1 amide bonds. The van der Waals surface area contributed by atoms with Gasteiger partial charge in [-0.1, -0.05) is 30.3 Å². The van der Waals surface area contributed by atoms with Gasteiger partial charge in [0.15, 0.2) is 0 Å². The van der Waals surface area contributed by atoms with Gasteiger partial charge < -0.3 is 10.0 Å². The lowest BCUT2D eigenvalue weighted by atomic mass is 9.96. The van der Waals surface area contributed by atoms with Crippen molar-refractivity contribution < 1.29 is 9.90 Å². The monoisotopic (exact) mass is 316 g/mol. The first kappa shape index (κ1) is 16.5. The molecule has 1 heterocycles. The minimum absolute atomic E-state index is 0.0730. The van der Waals surface area contributed by atoms with Crippen molar-refractivity contribution in [1.29, 1.82) is 0 Å². The number of rotatable bonds is 6. The van der Waals surface area contributed by atoms with Crippen LogP contribution in [0.5, 0.6) is 0 Å². The number of hydrogen-bond donors (Lipinski definition) is 1. The van der Waals surface area contributed by atoms with E-state index < -0.39 is 0 Å². The highest BCUT2D eigenvalue weighted by molar-refractivity contribution is 5.79. The van der Waals surface area contributed by atoms with Crippen LogP contribution in [0.25, 0.3) is 0 Å². The van der Waals surface area contributed by atoms with Crippen molar-refractivity contribution in [2.45, 2.75) is 38.3 Å². The van der Waals surface area contributed by atoms with Gasteiger partial charge in [0, 0.05) is 26.7 Å².